The number of rotatable bonds is 7. The Morgan fingerprint density at radius 2 is 1.43 bits per heavy atom. The third kappa shape index (κ3) is 5.21. The van der Waals surface area contributed by atoms with Crippen LogP contribution in [0.3, 0.4) is 0 Å². The van der Waals surface area contributed by atoms with Gasteiger partial charge < -0.3 is 9.47 Å². The molecule has 9 nitrogen and oxygen atoms in total. The molecule has 1 amide bonds. The predicted octanol–water partition coefficient (Wildman–Crippen LogP) is 5.01. The third-order valence-corrected chi connectivity index (χ3v) is 7.39. The Labute approximate surface area is 235 Å². The van der Waals surface area contributed by atoms with Crippen molar-refractivity contribution in [2.24, 2.45) is 17.3 Å². The number of thioether (sulfide) groups is 1. The molecule has 1 aromatic heterocycles. The summed E-state index contributed by atoms with van der Waals surface area (Å²) in [7, 11) is 4.99. The zero-order valence-corrected chi connectivity index (χ0v) is 23.3. The smallest absolute Gasteiger partial charge is 0.296 e. The predicted molar refractivity (Wildman–Crippen MR) is 160 cm³/mol. The first-order valence-electron chi connectivity index (χ1n) is 12.4. The van der Waals surface area contributed by atoms with Crippen molar-refractivity contribution >= 4 is 40.8 Å². The van der Waals surface area contributed by atoms with Gasteiger partial charge in [0.15, 0.2) is 0 Å². The Morgan fingerprint density at radius 1 is 0.825 bits per heavy atom. The van der Waals surface area contributed by atoms with Crippen LogP contribution in [0.2, 0.25) is 0 Å². The first-order valence-corrected chi connectivity index (χ1v) is 13.2. The molecule has 0 aliphatic carbocycles. The molecule has 0 spiro atoms. The summed E-state index contributed by atoms with van der Waals surface area (Å²) in [5, 5.41) is 8.91. The van der Waals surface area contributed by atoms with Gasteiger partial charge in [0.2, 0.25) is 5.17 Å². The maximum Gasteiger partial charge on any atom is 0.296 e. The number of benzene rings is 3. The Morgan fingerprint density at radius 3 is 2.02 bits per heavy atom. The minimum absolute atomic E-state index is 0.223. The number of amidine groups is 1. The Bertz CT molecular complexity index is 1690. The van der Waals surface area contributed by atoms with Crippen LogP contribution in [0.15, 0.2) is 98.8 Å². The maximum absolute atomic E-state index is 13.8. The lowest BCUT2D eigenvalue weighted by molar-refractivity contribution is -0.113. The van der Waals surface area contributed by atoms with Crippen molar-refractivity contribution in [3.63, 3.8) is 0 Å². The fraction of sp³-hybridized carbons (Fsp3) is 0.133. The average Bonchev–Trinajstić information content (AvgIpc) is 3.39. The van der Waals surface area contributed by atoms with Crippen LogP contribution < -0.4 is 19.9 Å². The highest BCUT2D eigenvalue weighted by Gasteiger charge is 2.39. The van der Waals surface area contributed by atoms with Gasteiger partial charge in [-0.3, -0.25) is 14.3 Å². The zero-order valence-electron chi connectivity index (χ0n) is 22.4. The largest absolute Gasteiger partial charge is 0.497 e. The van der Waals surface area contributed by atoms with Crippen molar-refractivity contribution in [3.05, 3.63) is 111 Å². The summed E-state index contributed by atoms with van der Waals surface area (Å²) < 4.78 is 13.7. The summed E-state index contributed by atoms with van der Waals surface area (Å²) in [6, 6.07) is 24.0. The minimum Gasteiger partial charge on any atom is -0.497 e. The fourth-order valence-corrected chi connectivity index (χ4v) is 5.16. The number of para-hydroxylation sites is 1. The summed E-state index contributed by atoms with van der Waals surface area (Å²) in [5.41, 5.74) is 2.81. The lowest BCUT2D eigenvalue weighted by Crippen LogP contribution is -2.33. The SMILES string of the molecule is COc1ccc(/C=N\N=C2\S/C(=C/c3ccc(OC)cc3)C(=O)N2c2c(C)n(C)n(-c3ccccc3)c2=O)cc1. The monoisotopic (exact) mass is 553 g/mol. The van der Waals surface area contributed by atoms with Gasteiger partial charge in [-0.05, 0) is 84.4 Å². The first kappa shape index (κ1) is 26.8. The lowest BCUT2D eigenvalue weighted by atomic mass is 10.2. The van der Waals surface area contributed by atoms with Crippen molar-refractivity contribution in [2.45, 2.75) is 6.92 Å². The number of methoxy groups -OCH3 is 2. The van der Waals surface area contributed by atoms with Crippen LogP contribution in [-0.2, 0) is 11.8 Å². The van der Waals surface area contributed by atoms with E-state index in [4.69, 9.17) is 9.47 Å². The van der Waals surface area contributed by atoms with Gasteiger partial charge in [-0.2, -0.15) is 5.10 Å². The number of amides is 1. The molecule has 0 atom stereocenters. The van der Waals surface area contributed by atoms with Crippen molar-refractivity contribution < 1.29 is 14.3 Å². The van der Waals surface area contributed by atoms with Crippen LogP contribution >= 0.6 is 11.8 Å². The summed E-state index contributed by atoms with van der Waals surface area (Å²) in [6.07, 6.45) is 3.35. The molecule has 2 heterocycles. The second-order valence-electron chi connectivity index (χ2n) is 8.83. The van der Waals surface area contributed by atoms with Crippen LogP contribution in [-0.4, -0.2) is 40.9 Å². The Balaban J connectivity index is 1.58. The van der Waals surface area contributed by atoms with Crippen LogP contribution in [0.25, 0.3) is 11.8 Å². The third-order valence-electron chi connectivity index (χ3n) is 6.43. The number of carbonyl (C=O) groups is 1. The molecule has 0 N–H and O–H groups in total. The Hall–Kier alpha value is -4.83. The molecule has 202 valence electrons. The number of anilines is 1. The molecular formula is C30H27N5O4S. The molecule has 10 heteroatoms. The van der Waals surface area contributed by atoms with E-state index in [2.05, 4.69) is 10.2 Å². The highest BCUT2D eigenvalue weighted by molar-refractivity contribution is 8.19. The molecule has 0 unspecified atom stereocenters. The van der Waals surface area contributed by atoms with Gasteiger partial charge >= 0.3 is 0 Å². The van der Waals surface area contributed by atoms with Crippen LogP contribution in [0, 0.1) is 6.92 Å². The molecule has 1 saturated heterocycles. The van der Waals surface area contributed by atoms with Gasteiger partial charge in [0, 0.05) is 7.05 Å². The highest BCUT2D eigenvalue weighted by atomic mass is 32.2. The zero-order chi connectivity index (χ0) is 28.2. The highest BCUT2D eigenvalue weighted by Crippen LogP contribution is 2.36. The molecule has 1 fully saturated rings. The van der Waals surface area contributed by atoms with Gasteiger partial charge in [0.05, 0.1) is 36.7 Å². The van der Waals surface area contributed by atoms with E-state index in [1.54, 1.807) is 45.2 Å². The normalized spacial score (nSPS) is 15.5. The molecule has 40 heavy (non-hydrogen) atoms. The van der Waals surface area contributed by atoms with Crippen molar-refractivity contribution in [1.29, 1.82) is 0 Å². The van der Waals surface area contributed by atoms with Crippen LogP contribution in [0.4, 0.5) is 5.69 Å². The van der Waals surface area contributed by atoms with Crippen molar-refractivity contribution in [3.8, 4) is 17.2 Å². The van der Waals surface area contributed by atoms with E-state index < -0.39 is 0 Å². The van der Waals surface area contributed by atoms with Gasteiger partial charge in [-0.15, -0.1) is 5.10 Å². The molecular weight excluding hydrogens is 526 g/mol. The fourth-order valence-electron chi connectivity index (χ4n) is 4.24. The maximum atomic E-state index is 13.8. The second-order valence-corrected chi connectivity index (χ2v) is 9.84. The number of nitrogens with zero attached hydrogens (tertiary/aromatic N) is 5. The average molecular weight is 554 g/mol. The van der Waals surface area contributed by atoms with Crippen molar-refractivity contribution in [1.82, 2.24) is 9.36 Å². The number of ether oxygens (including phenoxy) is 2. The second kappa shape index (κ2) is 11.5. The van der Waals surface area contributed by atoms with E-state index in [9.17, 15) is 9.59 Å². The van der Waals surface area contributed by atoms with E-state index in [1.807, 2.05) is 78.9 Å². The van der Waals surface area contributed by atoms with E-state index in [0.717, 1.165) is 28.6 Å². The van der Waals surface area contributed by atoms with Gasteiger partial charge in [-0.25, -0.2) is 9.58 Å². The molecule has 0 bridgehead atoms. The summed E-state index contributed by atoms with van der Waals surface area (Å²) in [6.45, 7) is 1.80. The quantitative estimate of drug-likeness (QED) is 0.182. The lowest BCUT2D eigenvalue weighted by Gasteiger charge is -2.13. The molecule has 4 aromatic rings. The molecule has 0 saturated carbocycles. The van der Waals surface area contributed by atoms with Crippen LogP contribution in [0.1, 0.15) is 16.8 Å². The molecule has 0 radical (unpaired) electrons. The van der Waals surface area contributed by atoms with E-state index in [0.29, 0.717) is 22.0 Å². The first-order chi connectivity index (χ1) is 19.4. The standard InChI is InChI=1S/C30H27N5O4S/c1-20-27(29(37)35(33(20)2)23-8-6-5-7-9-23)34-28(36)26(18-21-10-14-24(38-3)15-11-21)40-30(34)32-31-19-22-12-16-25(39-4)17-13-22/h5-19H,1-4H3/b26-18+,31-19-,32-30+. The van der Waals surface area contributed by atoms with Gasteiger partial charge in [-0.1, -0.05) is 30.3 Å². The van der Waals surface area contributed by atoms with Gasteiger partial charge in [0.25, 0.3) is 11.5 Å². The summed E-state index contributed by atoms with van der Waals surface area (Å²) >= 11 is 1.16. The van der Waals surface area contributed by atoms with Crippen molar-refractivity contribution in [2.75, 3.05) is 19.1 Å². The van der Waals surface area contributed by atoms with E-state index >= 15 is 0 Å². The number of carbonyl (C=O) groups excluding carboxylic acids is 1. The molecule has 1 aliphatic heterocycles. The van der Waals surface area contributed by atoms with E-state index in [-0.39, 0.29) is 22.3 Å². The number of hydrogen-bond donors (Lipinski definition) is 0. The summed E-state index contributed by atoms with van der Waals surface area (Å²) in [4.78, 5) is 29.4. The number of aromatic nitrogens is 2. The van der Waals surface area contributed by atoms with Gasteiger partial charge in [0.1, 0.15) is 17.2 Å². The molecule has 3 aromatic carbocycles. The minimum atomic E-state index is -0.356. The molecule has 5 rings (SSSR count). The number of hydrogen-bond acceptors (Lipinski definition) is 7. The Kier molecular flexibility index (Phi) is 7.70. The molecule has 1 aliphatic rings. The summed E-state index contributed by atoms with van der Waals surface area (Å²) in [5.74, 6) is 1.09. The topological polar surface area (TPSA) is 90.4 Å². The van der Waals surface area contributed by atoms with Crippen LogP contribution in [0.5, 0.6) is 11.5 Å². The van der Waals surface area contributed by atoms with E-state index in [1.165, 1.54) is 9.58 Å².